The number of methoxy groups -OCH3 is 1. The summed E-state index contributed by atoms with van der Waals surface area (Å²) >= 11 is 0. The van der Waals surface area contributed by atoms with Crippen LogP contribution in [0.25, 0.3) is 0 Å². The van der Waals surface area contributed by atoms with Gasteiger partial charge >= 0.3 is 5.97 Å². The molecule has 0 aromatic heterocycles. The zero-order chi connectivity index (χ0) is 13.4. The van der Waals surface area contributed by atoms with Crippen molar-refractivity contribution in [2.75, 3.05) is 20.3 Å². The molecule has 0 saturated carbocycles. The zero-order valence-electron chi connectivity index (χ0n) is 10.5. The molecule has 0 radical (unpaired) electrons. The minimum absolute atomic E-state index is 0.117. The van der Waals surface area contributed by atoms with Gasteiger partial charge in [-0.25, -0.2) is 0 Å². The second-order valence-corrected chi connectivity index (χ2v) is 3.90. The minimum atomic E-state index is -0.642. The highest BCUT2D eigenvalue weighted by molar-refractivity contribution is 5.75. The fourth-order valence-electron chi connectivity index (χ4n) is 1.46. The molecule has 1 aromatic rings. The quantitative estimate of drug-likeness (QED) is 0.546. The lowest BCUT2D eigenvalue weighted by Crippen LogP contribution is -2.33. The van der Waals surface area contributed by atoms with Crippen LogP contribution in [-0.4, -0.2) is 37.4 Å². The van der Waals surface area contributed by atoms with Gasteiger partial charge in [0, 0.05) is 13.0 Å². The smallest absolute Gasteiger partial charge is 0.322 e. The first kappa shape index (κ1) is 14.5. The Morgan fingerprint density at radius 1 is 1.39 bits per heavy atom. The van der Waals surface area contributed by atoms with Crippen molar-refractivity contribution in [2.24, 2.45) is 5.73 Å². The van der Waals surface area contributed by atoms with Crippen LogP contribution in [0.1, 0.15) is 12.0 Å². The van der Waals surface area contributed by atoms with Gasteiger partial charge in [0.1, 0.15) is 11.8 Å². The van der Waals surface area contributed by atoms with E-state index in [1.54, 1.807) is 0 Å². The summed E-state index contributed by atoms with van der Waals surface area (Å²) in [6.45, 7) is 0.601. The molecule has 0 amide bonds. The lowest BCUT2D eigenvalue weighted by molar-refractivity contribution is -0.142. The normalized spacial score (nSPS) is 11.9. The lowest BCUT2D eigenvalue weighted by Gasteiger charge is -2.10. The largest absolute Gasteiger partial charge is 0.494 e. The zero-order valence-corrected chi connectivity index (χ0v) is 10.5. The molecule has 100 valence electrons. The second-order valence-electron chi connectivity index (χ2n) is 3.90. The predicted octanol–water partition coefficient (Wildman–Crippen LogP) is 0.491. The number of ether oxygens (including phenoxy) is 2. The van der Waals surface area contributed by atoms with Crippen LogP contribution in [0.4, 0.5) is 0 Å². The Morgan fingerprint density at radius 2 is 2.06 bits per heavy atom. The van der Waals surface area contributed by atoms with Gasteiger partial charge in [-0.3, -0.25) is 4.79 Å². The average Bonchev–Trinajstić information content (AvgIpc) is 2.40. The SMILES string of the molecule is COC(=O)C(N)Cc1ccc(OCCCO)cc1. The van der Waals surface area contributed by atoms with Gasteiger partial charge in [0.05, 0.1) is 13.7 Å². The van der Waals surface area contributed by atoms with Crippen LogP contribution in [0.15, 0.2) is 24.3 Å². The number of aliphatic hydroxyl groups excluding tert-OH is 1. The van der Waals surface area contributed by atoms with Gasteiger partial charge in [0.2, 0.25) is 0 Å². The molecule has 0 aliphatic heterocycles. The highest BCUT2D eigenvalue weighted by atomic mass is 16.5. The Morgan fingerprint density at radius 3 is 2.61 bits per heavy atom. The molecule has 1 unspecified atom stereocenters. The number of hydrogen-bond acceptors (Lipinski definition) is 5. The molecule has 1 atom stereocenters. The molecular formula is C13H19NO4. The maximum Gasteiger partial charge on any atom is 0.322 e. The van der Waals surface area contributed by atoms with Crippen molar-refractivity contribution in [1.82, 2.24) is 0 Å². The molecule has 3 N–H and O–H groups in total. The molecular weight excluding hydrogens is 234 g/mol. The van der Waals surface area contributed by atoms with Crippen molar-refractivity contribution >= 4 is 5.97 Å². The van der Waals surface area contributed by atoms with E-state index in [-0.39, 0.29) is 6.61 Å². The molecule has 0 spiro atoms. The first-order valence-electron chi connectivity index (χ1n) is 5.83. The van der Waals surface area contributed by atoms with Crippen molar-refractivity contribution < 1.29 is 19.4 Å². The molecule has 0 saturated heterocycles. The summed E-state index contributed by atoms with van der Waals surface area (Å²) in [5, 5.41) is 8.63. The monoisotopic (exact) mass is 253 g/mol. The summed E-state index contributed by atoms with van der Waals surface area (Å²) < 4.78 is 9.95. The second kappa shape index (κ2) is 7.68. The molecule has 0 bridgehead atoms. The van der Waals surface area contributed by atoms with Gasteiger partial charge < -0.3 is 20.3 Å². The van der Waals surface area contributed by atoms with Crippen molar-refractivity contribution in [3.8, 4) is 5.75 Å². The number of aliphatic hydroxyl groups is 1. The lowest BCUT2D eigenvalue weighted by atomic mass is 10.1. The van der Waals surface area contributed by atoms with Gasteiger partial charge in [-0.2, -0.15) is 0 Å². The third-order valence-electron chi connectivity index (χ3n) is 2.45. The van der Waals surface area contributed by atoms with Gasteiger partial charge in [-0.15, -0.1) is 0 Å². The highest BCUT2D eigenvalue weighted by Gasteiger charge is 2.13. The third kappa shape index (κ3) is 4.73. The minimum Gasteiger partial charge on any atom is -0.494 e. The van der Waals surface area contributed by atoms with Crippen LogP contribution in [0.5, 0.6) is 5.75 Å². The van der Waals surface area contributed by atoms with Crippen molar-refractivity contribution in [3.05, 3.63) is 29.8 Å². The van der Waals surface area contributed by atoms with Crippen LogP contribution in [0.3, 0.4) is 0 Å². The Labute approximate surface area is 107 Å². The van der Waals surface area contributed by atoms with E-state index in [9.17, 15) is 4.79 Å². The first-order valence-corrected chi connectivity index (χ1v) is 5.83. The average molecular weight is 253 g/mol. The molecule has 0 heterocycles. The van der Waals surface area contributed by atoms with E-state index in [1.165, 1.54) is 7.11 Å². The molecule has 18 heavy (non-hydrogen) atoms. The van der Waals surface area contributed by atoms with Crippen molar-refractivity contribution in [1.29, 1.82) is 0 Å². The Balaban J connectivity index is 2.47. The summed E-state index contributed by atoms with van der Waals surface area (Å²) in [5.74, 6) is 0.317. The van der Waals surface area contributed by atoms with Crippen LogP contribution in [-0.2, 0) is 16.0 Å². The molecule has 0 aliphatic carbocycles. The fourth-order valence-corrected chi connectivity index (χ4v) is 1.46. The van der Waals surface area contributed by atoms with E-state index >= 15 is 0 Å². The Bertz CT molecular complexity index is 364. The number of benzene rings is 1. The van der Waals surface area contributed by atoms with Gasteiger partial charge in [-0.1, -0.05) is 12.1 Å². The van der Waals surface area contributed by atoms with Crippen molar-refractivity contribution in [2.45, 2.75) is 18.9 Å². The summed E-state index contributed by atoms with van der Waals surface area (Å²) in [7, 11) is 1.32. The summed E-state index contributed by atoms with van der Waals surface area (Å²) in [6, 6.07) is 6.71. The molecule has 5 heteroatoms. The fraction of sp³-hybridized carbons (Fsp3) is 0.462. The van der Waals surface area contributed by atoms with Crippen LogP contribution < -0.4 is 10.5 Å². The van der Waals surface area contributed by atoms with Crippen molar-refractivity contribution in [3.63, 3.8) is 0 Å². The number of hydrogen-bond donors (Lipinski definition) is 2. The van der Waals surface area contributed by atoms with Crippen LogP contribution in [0, 0.1) is 0 Å². The topological polar surface area (TPSA) is 81.8 Å². The third-order valence-corrected chi connectivity index (χ3v) is 2.45. The maximum atomic E-state index is 11.2. The van der Waals surface area contributed by atoms with Gasteiger partial charge in [0.25, 0.3) is 0 Å². The van der Waals surface area contributed by atoms with Gasteiger partial charge in [0.15, 0.2) is 0 Å². The van der Waals surface area contributed by atoms with Crippen LogP contribution in [0.2, 0.25) is 0 Å². The predicted molar refractivity (Wildman–Crippen MR) is 67.3 cm³/mol. The molecule has 5 nitrogen and oxygen atoms in total. The summed E-state index contributed by atoms with van der Waals surface area (Å²) in [4.78, 5) is 11.2. The Hall–Kier alpha value is -1.59. The van der Waals surface area contributed by atoms with E-state index in [1.807, 2.05) is 24.3 Å². The number of carbonyl (C=O) groups is 1. The van der Waals surface area contributed by atoms with E-state index in [0.717, 1.165) is 11.3 Å². The number of rotatable bonds is 7. The standard InChI is InChI=1S/C13H19NO4/c1-17-13(16)12(14)9-10-3-5-11(6-4-10)18-8-2-7-15/h3-6,12,15H,2,7-9,14H2,1H3. The van der Waals surface area contributed by atoms with E-state index in [0.29, 0.717) is 19.4 Å². The number of esters is 1. The van der Waals surface area contributed by atoms with E-state index < -0.39 is 12.0 Å². The maximum absolute atomic E-state index is 11.2. The highest BCUT2D eigenvalue weighted by Crippen LogP contribution is 2.13. The molecule has 0 fully saturated rings. The molecule has 0 aliphatic rings. The molecule has 1 aromatic carbocycles. The number of nitrogens with two attached hydrogens (primary N) is 1. The Kier molecular flexibility index (Phi) is 6.18. The first-order chi connectivity index (χ1) is 8.67. The summed E-state index contributed by atoms with van der Waals surface area (Å²) in [6.07, 6.45) is 1.04. The van der Waals surface area contributed by atoms with E-state index in [4.69, 9.17) is 15.6 Å². The van der Waals surface area contributed by atoms with Crippen LogP contribution >= 0.6 is 0 Å². The summed E-state index contributed by atoms with van der Waals surface area (Å²) in [5.41, 5.74) is 6.61. The molecule has 1 rings (SSSR count). The number of carbonyl (C=O) groups excluding carboxylic acids is 1. The van der Waals surface area contributed by atoms with Gasteiger partial charge in [-0.05, 0) is 24.1 Å². The van der Waals surface area contributed by atoms with E-state index in [2.05, 4.69) is 4.74 Å².